The van der Waals surface area contributed by atoms with Gasteiger partial charge in [-0.25, -0.2) is 0 Å². The molecule has 0 radical (unpaired) electrons. The van der Waals surface area contributed by atoms with Gasteiger partial charge in [0.2, 0.25) is 0 Å². The highest BCUT2D eigenvalue weighted by atomic mass is 35.5. The summed E-state index contributed by atoms with van der Waals surface area (Å²) in [6.07, 6.45) is 1.66. The molecule has 0 aliphatic heterocycles. The first-order valence-corrected chi connectivity index (χ1v) is 8.43. The van der Waals surface area contributed by atoms with E-state index in [9.17, 15) is 5.11 Å². The molecule has 0 saturated carbocycles. The highest BCUT2D eigenvalue weighted by molar-refractivity contribution is 7.97. The van der Waals surface area contributed by atoms with E-state index in [1.807, 2.05) is 12.1 Å². The summed E-state index contributed by atoms with van der Waals surface area (Å²) in [4.78, 5) is 0.974. The Labute approximate surface area is 140 Å². The summed E-state index contributed by atoms with van der Waals surface area (Å²) in [6, 6.07) is 5.47. The zero-order valence-electron chi connectivity index (χ0n) is 12.1. The lowest BCUT2D eigenvalue weighted by Gasteiger charge is -2.10. The molecule has 0 spiro atoms. The molecule has 0 heterocycles. The molecule has 120 valence electrons. The fourth-order valence-electron chi connectivity index (χ4n) is 1.65. The molecule has 1 unspecified atom stereocenters. The molecular formula is C14H22Cl2N2O2S. The largest absolute Gasteiger partial charge is 0.389 e. The first kappa shape index (κ1) is 19.0. The topological polar surface area (TPSA) is 53.5 Å². The van der Waals surface area contributed by atoms with Crippen LogP contribution < -0.4 is 10.0 Å². The summed E-state index contributed by atoms with van der Waals surface area (Å²) < 4.78 is 8.12. The van der Waals surface area contributed by atoms with Crippen LogP contribution in [0, 0.1) is 0 Å². The lowest BCUT2D eigenvalue weighted by atomic mass is 10.3. The van der Waals surface area contributed by atoms with Crippen LogP contribution in [0.4, 0.5) is 0 Å². The monoisotopic (exact) mass is 352 g/mol. The van der Waals surface area contributed by atoms with E-state index in [0.29, 0.717) is 23.2 Å². The fraction of sp³-hybridized carbons (Fsp3) is 0.571. The lowest BCUT2D eigenvalue weighted by molar-refractivity contribution is 0.0646. The number of ether oxygens (including phenoxy) is 1. The molecule has 0 aromatic heterocycles. The second-order valence-electron chi connectivity index (χ2n) is 4.59. The van der Waals surface area contributed by atoms with Gasteiger partial charge in [-0.3, -0.25) is 4.72 Å². The van der Waals surface area contributed by atoms with E-state index in [1.54, 1.807) is 13.2 Å². The molecule has 0 aliphatic carbocycles. The van der Waals surface area contributed by atoms with Gasteiger partial charge >= 0.3 is 0 Å². The number of rotatable bonds is 11. The van der Waals surface area contributed by atoms with Crippen LogP contribution in [0.1, 0.15) is 12.8 Å². The standard InChI is InChI=1S/C14H22Cl2N2O2S/c1-20-10-12(19)9-17-6-2-3-7-18-21-14-5-4-11(15)8-13(14)16/h4-5,8,12,17-19H,2-3,6-7,9-10H2,1H3. The van der Waals surface area contributed by atoms with Crippen molar-refractivity contribution in [1.82, 2.24) is 10.0 Å². The maximum Gasteiger partial charge on any atom is 0.0897 e. The Bertz CT molecular complexity index is 411. The van der Waals surface area contributed by atoms with Crippen molar-refractivity contribution in [1.29, 1.82) is 0 Å². The summed E-state index contributed by atoms with van der Waals surface area (Å²) in [7, 11) is 1.58. The van der Waals surface area contributed by atoms with Gasteiger partial charge in [0.15, 0.2) is 0 Å². The minimum absolute atomic E-state index is 0.368. The number of nitrogens with one attached hydrogen (secondary N) is 2. The molecule has 1 aromatic rings. The van der Waals surface area contributed by atoms with Gasteiger partial charge in [-0.1, -0.05) is 23.2 Å². The zero-order chi connectivity index (χ0) is 15.5. The minimum atomic E-state index is -0.435. The van der Waals surface area contributed by atoms with E-state index < -0.39 is 6.10 Å². The quantitative estimate of drug-likeness (QED) is 0.422. The molecule has 21 heavy (non-hydrogen) atoms. The minimum Gasteiger partial charge on any atom is -0.389 e. The second-order valence-corrected chi connectivity index (χ2v) is 6.37. The van der Waals surface area contributed by atoms with Gasteiger partial charge in [0.1, 0.15) is 0 Å². The number of aliphatic hydroxyl groups is 1. The van der Waals surface area contributed by atoms with Crippen molar-refractivity contribution in [3.63, 3.8) is 0 Å². The van der Waals surface area contributed by atoms with Crippen LogP contribution in [0.15, 0.2) is 23.1 Å². The summed E-state index contributed by atoms with van der Waals surface area (Å²) >= 11 is 13.4. The lowest BCUT2D eigenvalue weighted by Crippen LogP contribution is -2.30. The Balaban J connectivity index is 2.00. The number of methoxy groups -OCH3 is 1. The van der Waals surface area contributed by atoms with Gasteiger partial charge in [0.25, 0.3) is 0 Å². The fourth-order valence-corrected chi connectivity index (χ4v) is 2.87. The Morgan fingerprint density at radius 1 is 1.29 bits per heavy atom. The van der Waals surface area contributed by atoms with Gasteiger partial charge in [-0.05, 0) is 49.5 Å². The van der Waals surface area contributed by atoms with E-state index in [1.165, 1.54) is 11.9 Å². The molecule has 4 nitrogen and oxygen atoms in total. The Kier molecular flexibility index (Phi) is 10.5. The van der Waals surface area contributed by atoms with Crippen molar-refractivity contribution in [3.05, 3.63) is 28.2 Å². The molecule has 1 aromatic carbocycles. The van der Waals surface area contributed by atoms with Crippen LogP contribution in [-0.2, 0) is 4.74 Å². The maximum atomic E-state index is 9.44. The van der Waals surface area contributed by atoms with Crippen LogP contribution in [0.25, 0.3) is 0 Å². The van der Waals surface area contributed by atoms with Gasteiger partial charge in [-0.15, -0.1) is 0 Å². The van der Waals surface area contributed by atoms with E-state index in [0.717, 1.165) is 30.8 Å². The van der Waals surface area contributed by atoms with E-state index in [2.05, 4.69) is 10.0 Å². The Morgan fingerprint density at radius 2 is 2.05 bits per heavy atom. The number of unbranched alkanes of at least 4 members (excludes halogenated alkanes) is 1. The van der Waals surface area contributed by atoms with Crippen LogP contribution in [0.2, 0.25) is 10.0 Å². The van der Waals surface area contributed by atoms with E-state index in [4.69, 9.17) is 27.9 Å². The summed E-state index contributed by atoms with van der Waals surface area (Å²) in [6.45, 7) is 2.71. The first-order chi connectivity index (χ1) is 10.1. The number of hydrogen-bond acceptors (Lipinski definition) is 5. The molecule has 1 rings (SSSR count). The second kappa shape index (κ2) is 11.5. The number of aliphatic hydroxyl groups excluding tert-OH is 1. The van der Waals surface area contributed by atoms with Gasteiger partial charge in [0.05, 0.1) is 17.7 Å². The van der Waals surface area contributed by atoms with Gasteiger partial charge in [0, 0.05) is 30.1 Å². The summed E-state index contributed by atoms with van der Waals surface area (Å²) in [5.41, 5.74) is 0. The number of benzene rings is 1. The molecule has 0 amide bonds. The Hall–Kier alpha value is -0.0100. The van der Waals surface area contributed by atoms with Gasteiger partial charge < -0.3 is 15.2 Å². The van der Waals surface area contributed by atoms with E-state index >= 15 is 0 Å². The molecule has 7 heteroatoms. The third kappa shape index (κ3) is 8.88. The van der Waals surface area contributed by atoms with Crippen LogP contribution in [0.3, 0.4) is 0 Å². The third-order valence-electron chi connectivity index (χ3n) is 2.70. The van der Waals surface area contributed by atoms with Crippen molar-refractivity contribution in [2.24, 2.45) is 0 Å². The van der Waals surface area contributed by atoms with Crippen LogP contribution in [-0.4, -0.2) is 44.6 Å². The predicted molar refractivity (Wildman–Crippen MR) is 90.3 cm³/mol. The predicted octanol–water partition coefficient (Wildman–Crippen LogP) is 2.97. The average molecular weight is 353 g/mol. The van der Waals surface area contributed by atoms with Crippen molar-refractivity contribution >= 4 is 35.1 Å². The number of halogens is 2. The smallest absolute Gasteiger partial charge is 0.0897 e. The number of hydrogen-bond donors (Lipinski definition) is 3. The van der Waals surface area contributed by atoms with Crippen molar-refractivity contribution in [2.45, 2.75) is 23.8 Å². The molecule has 0 saturated heterocycles. The SMILES string of the molecule is COCC(O)CNCCCCNSc1ccc(Cl)cc1Cl. The molecule has 1 atom stereocenters. The molecule has 0 aliphatic rings. The maximum absolute atomic E-state index is 9.44. The molecular weight excluding hydrogens is 331 g/mol. The third-order valence-corrected chi connectivity index (χ3v) is 4.28. The molecule has 3 N–H and O–H groups in total. The first-order valence-electron chi connectivity index (χ1n) is 6.86. The molecule has 0 bridgehead atoms. The van der Waals surface area contributed by atoms with Gasteiger partial charge in [-0.2, -0.15) is 0 Å². The highest BCUT2D eigenvalue weighted by Crippen LogP contribution is 2.27. The zero-order valence-corrected chi connectivity index (χ0v) is 14.4. The highest BCUT2D eigenvalue weighted by Gasteiger charge is 2.02. The summed E-state index contributed by atoms with van der Waals surface area (Å²) in [5.74, 6) is 0. The van der Waals surface area contributed by atoms with Crippen molar-refractivity contribution in [2.75, 3.05) is 33.4 Å². The average Bonchev–Trinajstić information content (AvgIpc) is 2.44. The van der Waals surface area contributed by atoms with Crippen molar-refractivity contribution in [3.8, 4) is 0 Å². The normalized spacial score (nSPS) is 12.6. The van der Waals surface area contributed by atoms with Crippen LogP contribution >= 0.6 is 35.1 Å². The Morgan fingerprint density at radius 3 is 2.76 bits per heavy atom. The molecule has 0 fully saturated rings. The summed E-state index contributed by atoms with van der Waals surface area (Å²) in [5, 5.41) is 13.9. The van der Waals surface area contributed by atoms with Crippen molar-refractivity contribution < 1.29 is 9.84 Å². The van der Waals surface area contributed by atoms with Crippen LogP contribution in [0.5, 0.6) is 0 Å². The van der Waals surface area contributed by atoms with E-state index in [-0.39, 0.29) is 0 Å².